The number of sulfonamides is 1. The van der Waals surface area contributed by atoms with Gasteiger partial charge in [-0.2, -0.15) is 4.31 Å². The van der Waals surface area contributed by atoms with Gasteiger partial charge in [-0.25, -0.2) is 13.2 Å². The van der Waals surface area contributed by atoms with E-state index < -0.39 is 10.0 Å². The molecule has 1 aromatic rings. The van der Waals surface area contributed by atoms with Crippen LogP contribution in [0.2, 0.25) is 0 Å². The van der Waals surface area contributed by atoms with Crippen molar-refractivity contribution < 1.29 is 37.1 Å². The molecule has 1 aliphatic rings. The van der Waals surface area contributed by atoms with E-state index in [1.807, 2.05) is 34.6 Å². The molecule has 1 aliphatic heterocycles. The Morgan fingerprint density at radius 2 is 1.49 bits per heavy atom. The first-order chi connectivity index (χ1) is 18.7. The molecule has 5 N–H and O–H groups in total. The zero-order chi connectivity index (χ0) is 32.8. The zero-order valence-electron chi connectivity index (χ0n) is 25.4. The van der Waals surface area contributed by atoms with Gasteiger partial charge in [0.25, 0.3) is 0 Å². The van der Waals surface area contributed by atoms with Crippen LogP contribution in [0.5, 0.6) is 0 Å². The van der Waals surface area contributed by atoms with Gasteiger partial charge >= 0.3 is 71.0 Å². The molecule has 2 rings (SSSR count). The number of primary amides is 1. The van der Waals surface area contributed by atoms with Gasteiger partial charge in [0.05, 0.1) is 4.90 Å². The van der Waals surface area contributed by atoms with Gasteiger partial charge in [0.1, 0.15) is 5.60 Å². The number of hydrogen-bond acceptors (Lipinski definition) is 8. The first-order valence-corrected chi connectivity index (χ1v) is 27.6. The van der Waals surface area contributed by atoms with Crippen LogP contribution in [-0.2, 0) is 33.9 Å². The quantitative estimate of drug-likeness (QED) is 0.184. The molecule has 0 atom stereocenters. The summed E-state index contributed by atoms with van der Waals surface area (Å²) < 4.78 is 40.4. The molecule has 11 nitrogen and oxygen atoms in total. The summed E-state index contributed by atoms with van der Waals surface area (Å²) in [5.41, 5.74) is 10.2. The van der Waals surface area contributed by atoms with E-state index >= 15 is 0 Å². The molecule has 1 aromatic carbocycles. The Balaban J connectivity index is -0.000000511. The maximum absolute atomic E-state index is 12.3. The van der Waals surface area contributed by atoms with Gasteiger partial charge in [0, 0.05) is 46.5 Å². The van der Waals surface area contributed by atoms with Crippen molar-refractivity contribution >= 4 is 87.6 Å². The average Bonchev–Trinajstić information content (AvgIpc) is 2.83. The number of rotatable bonds is 5. The summed E-state index contributed by atoms with van der Waals surface area (Å²) in [6.45, 7) is 14.5. The monoisotopic (exact) mass is 980 g/mol. The Morgan fingerprint density at radius 1 is 1.10 bits per heavy atom. The van der Waals surface area contributed by atoms with E-state index in [0.717, 1.165) is 12.8 Å². The summed E-state index contributed by atoms with van der Waals surface area (Å²) in [5, 5.41) is 2.54. The summed E-state index contributed by atoms with van der Waals surface area (Å²) in [5.74, 6) is 0.285. The fourth-order valence-electron chi connectivity index (χ4n) is 2.57. The summed E-state index contributed by atoms with van der Waals surface area (Å²) in [4.78, 5) is 20.0. The first-order valence-electron chi connectivity index (χ1n) is 12.6. The molecule has 0 saturated carbocycles. The molecule has 0 unspecified atom stereocenters. The summed E-state index contributed by atoms with van der Waals surface area (Å²) >= 11 is 7.39. The number of ether oxygens (including phenoxy) is 3. The van der Waals surface area contributed by atoms with E-state index in [9.17, 15) is 18.0 Å². The molecule has 0 bridgehead atoms. The zero-order valence-corrected chi connectivity index (χ0v) is 34.1. The minimum atomic E-state index is -3.32. The van der Waals surface area contributed by atoms with E-state index in [2.05, 4.69) is 87.4 Å². The Hall–Kier alpha value is 0.364. The number of piperidine rings is 1. The van der Waals surface area contributed by atoms with Crippen LogP contribution < -0.4 is 16.8 Å². The van der Waals surface area contributed by atoms with Crippen molar-refractivity contribution in [2.45, 2.75) is 78.1 Å². The number of hydrogen-bond donors (Lipinski definition) is 3. The fourth-order valence-corrected chi connectivity index (χ4v) is 4.04. The number of nitrogens with one attached hydrogen (secondary N) is 1. The minimum absolute atomic E-state index is 0.0648. The Morgan fingerprint density at radius 3 is 1.78 bits per heavy atom. The van der Waals surface area contributed by atoms with Crippen LogP contribution in [0.1, 0.15) is 61.3 Å². The second kappa shape index (κ2) is 25.7. The van der Waals surface area contributed by atoms with Crippen molar-refractivity contribution in [1.82, 2.24) is 9.62 Å². The van der Waals surface area contributed by atoms with Gasteiger partial charge in [-0.05, 0) is 77.6 Å². The van der Waals surface area contributed by atoms with Crippen LogP contribution in [0, 0.1) is 5.92 Å². The molecule has 0 aromatic heterocycles. The van der Waals surface area contributed by atoms with Gasteiger partial charge in [-0.1, -0.05) is 6.92 Å². The van der Waals surface area contributed by atoms with Crippen LogP contribution in [-0.4, -0.2) is 70.5 Å². The van der Waals surface area contributed by atoms with Gasteiger partial charge in [0.15, 0.2) is 6.29 Å². The molecule has 1 saturated heterocycles. The SMILES string of the molecule is CC(N)=O.CC1CCN(S(=O)(=O)c2ccc(N)cc2)CC1.CCNC(=O)OC(C)(C)C.COC(C)OC.[I][V]([I])[I]. The van der Waals surface area contributed by atoms with E-state index in [-0.39, 0.29) is 28.8 Å². The van der Waals surface area contributed by atoms with Crippen LogP contribution in [0.25, 0.3) is 0 Å². The van der Waals surface area contributed by atoms with Crippen LogP contribution in [0.3, 0.4) is 0 Å². The number of carbonyl (C=O) groups is 2. The Labute approximate surface area is 285 Å². The fraction of sp³-hybridized carbons (Fsp3) is 0.680. The molecule has 1 fully saturated rings. The topological polar surface area (TPSA) is 163 Å². The predicted molar refractivity (Wildman–Crippen MR) is 188 cm³/mol. The van der Waals surface area contributed by atoms with E-state index in [1.54, 1.807) is 42.8 Å². The third-order valence-corrected chi connectivity index (χ3v) is 6.56. The Bertz CT molecular complexity index is 919. The van der Waals surface area contributed by atoms with Crippen LogP contribution in [0.4, 0.5) is 10.5 Å². The van der Waals surface area contributed by atoms with Gasteiger partial charge in [-0.15, -0.1) is 0 Å². The Kier molecular flexibility index (Phi) is 28.7. The number of nitrogens with two attached hydrogens (primary N) is 2. The number of benzene rings is 1. The third-order valence-electron chi connectivity index (χ3n) is 4.64. The van der Waals surface area contributed by atoms with Crippen molar-refractivity contribution in [3.63, 3.8) is 0 Å². The number of halogens is 3. The van der Waals surface area contributed by atoms with E-state index in [0.29, 0.717) is 36.1 Å². The number of amides is 2. The third kappa shape index (κ3) is 30.2. The maximum atomic E-state index is 12.3. The molecular weight excluding hydrogens is 932 g/mol. The second-order valence-corrected chi connectivity index (χ2v) is 46.8. The standard InChI is InChI=1S/C12H18N2O2S.C7H15NO2.C4H10O2.C2H5NO.3HI.V/c1-10-6-8-14(9-7-10)17(15,16)12-4-2-11(13)3-5-12;1-5-8-6(9)10-7(2,3)4;1-4(5-2)6-3;1-2(3)4;;;;/h2-5,10H,6-9,13H2,1H3;5H2,1-4H3,(H,8,9);4H,1-3H3;1H3,(H2,3,4);3*1H;/q;;;;;;;+3/p-3. The summed E-state index contributed by atoms with van der Waals surface area (Å²) in [6.07, 6.45) is 1.46. The number of carbonyl (C=O) groups excluding carboxylic acids is 2. The number of nitrogens with zero attached hydrogens (tertiary/aromatic N) is 1. The molecular formula is C25H48I3N4O7SV. The number of methoxy groups -OCH3 is 2. The summed E-state index contributed by atoms with van der Waals surface area (Å²) in [7, 11) is -0.114. The van der Waals surface area contributed by atoms with Crippen LogP contribution >= 0.6 is 59.9 Å². The average molecular weight is 980 g/mol. The normalized spacial score (nSPS) is 13.6. The van der Waals surface area contributed by atoms with Crippen LogP contribution in [0.15, 0.2) is 29.2 Å². The van der Waals surface area contributed by atoms with Crippen molar-refractivity contribution in [2.75, 3.05) is 39.6 Å². The predicted octanol–water partition coefficient (Wildman–Crippen LogP) is 5.99. The number of anilines is 1. The summed E-state index contributed by atoms with van der Waals surface area (Å²) in [6, 6.07) is 6.39. The van der Waals surface area contributed by atoms with Crippen molar-refractivity contribution in [1.29, 1.82) is 0 Å². The number of nitrogen functional groups attached to an aromatic ring is 1. The van der Waals surface area contributed by atoms with E-state index in [1.165, 1.54) is 6.92 Å². The molecule has 0 spiro atoms. The molecule has 2 amide bonds. The second-order valence-electron chi connectivity index (χ2n) is 9.53. The first kappa shape index (κ1) is 45.8. The van der Waals surface area contributed by atoms with Crippen molar-refractivity contribution in [3.8, 4) is 0 Å². The molecule has 0 radical (unpaired) electrons. The molecule has 242 valence electrons. The van der Waals surface area contributed by atoms with Gasteiger partial charge in [0.2, 0.25) is 15.9 Å². The van der Waals surface area contributed by atoms with E-state index in [4.69, 9.17) is 10.5 Å². The number of alkyl carbamates (subject to hydrolysis) is 1. The molecule has 16 heteroatoms. The molecule has 41 heavy (non-hydrogen) atoms. The van der Waals surface area contributed by atoms with Gasteiger partial charge < -0.3 is 31.0 Å². The molecule has 1 heterocycles. The van der Waals surface area contributed by atoms with Gasteiger partial charge in [-0.3, -0.25) is 4.79 Å². The molecule has 0 aliphatic carbocycles. The van der Waals surface area contributed by atoms with Crippen molar-refractivity contribution in [3.05, 3.63) is 24.3 Å². The van der Waals surface area contributed by atoms with Crippen molar-refractivity contribution in [2.24, 2.45) is 11.7 Å².